The normalized spacial score (nSPS) is 16.8. The molecule has 0 aliphatic heterocycles. The molecule has 1 aliphatic carbocycles. The zero-order chi connectivity index (χ0) is 14.5. The van der Waals surface area contributed by atoms with E-state index in [0.717, 1.165) is 11.7 Å². The third-order valence-electron chi connectivity index (χ3n) is 4.76. The van der Waals surface area contributed by atoms with Crippen molar-refractivity contribution in [3.63, 3.8) is 0 Å². The van der Waals surface area contributed by atoms with E-state index in [0.29, 0.717) is 12.5 Å². The molecule has 1 atom stereocenters. The first kappa shape index (κ1) is 14.2. The van der Waals surface area contributed by atoms with Crippen LogP contribution in [-0.2, 0) is 6.61 Å². The molecule has 1 nitrogen and oxygen atoms in total. The van der Waals surface area contributed by atoms with Gasteiger partial charge in [0.05, 0.1) is 0 Å². The predicted molar refractivity (Wildman–Crippen MR) is 87.6 cm³/mol. The molecule has 0 spiro atoms. The van der Waals surface area contributed by atoms with Gasteiger partial charge < -0.3 is 4.74 Å². The van der Waals surface area contributed by atoms with Gasteiger partial charge in [0.25, 0.3) is 0 Å². The fraction of sp³-hybridized carbons (Fsp3) is 0.400. The van der Waals surface area contributed by atoms with E-state index in [1.54, 1.807) is 0 Å². The lowest BCUT2D eigenvalue weighted by atomic mass is 9.86. The topological polar surface area (TPSA) is 9.23 Å². The summed E-state index contributed by atoms with van der Waals surface area (Å²) in [6.45, 7) is 3.01. The first-order chi connectivity index (χ1) is 10.3. The minimum Gasteiger partial charge on any atom is -0.489 e. The van der Waals surface area contributed by atoms with Gasteiger partial charge in [0, 0.05) is 0 Å². The van der Waals surface area contributed by atoms with Gasteiger partial charge in [0.1, 0.15) is 12.4 Å². The Hall–Kier alpha value is -1.76. The van der Waals surface area contributed by atoms with Crippen molar-refractivity contribution < 1.29 is 4.74 Å². The smallest absolute Gasteiger partial charge is 0.119 e. The fourth-order valence-corrected chi connectivity index (χ4v) is 3.34. The molecule has 0 radical (unpaired) electrons. The Morgan fingerprint density at radius 1 is 0.952 bits per heavy atom. The van der Waals surface area contributed by atoms with Crippen LogP contribution in [-0.4, -0.2) is 0 Å². The lowest BCUT2D eigenvalue weighted by Crippen LogP contribution is -2.05. The monoisotopic (exact) mass is 280 g/mol. The van der Waals surface area contributed by atoms with Crippen LogP contribution in [0, 0.1) is 5.92 Å². The molecule has 1 aliphatic rings. The third kappa shape index (κ3) is 3.66. The van der Waals surface area contributed by atoms with E-state index in [9.17, 15) is 0 Å². The summed E-state index contributed by atoms with van der Waals surface area (Å²) in [6.07, 6.45) is 5.61. The maximum atomic E-state index is 5.85. The number of hydrogen-bond donors (Lipinski definition) is 0. The number of benzene rings is 2. The van der Waals surface area contributed by atoms with Gasteiger partial charge in [-0.25, -0.2) is 0 Å². The SMILES string of the molecule is CC(c1ccc(OCc2ccccc2)cc1)C1CCCC1. The number of hydrogen-bond acceptors (Lipinski definition) is 1. The largest absolute Gasteiger partial charge is 0.489 e. The molecule has 1 heteroatoms. The molecule has 110 valence electrons. The van der Waals surface area contributed by atoms with Crippen LogP contribution in [0.3, 0.4) is 0 Å². The summed E-state index contributed by atoms with van der Waals surface area (Å²) in [5.41, 5.74) is 2.66. The Morgan fingerprint density at radius 3 is 2.29 bits per heavy atom. The van der Waals surface area contributed by atoms with Crippen molar-refractivity contribution in [2.75, 3.05) is 0 Å². The van der Waals surface area contributed by atoms with E-state index >= 15 is 0 Å². The zero-order valence-corrected chi connectivity index (χ0v) is 12.8. The van der Waals surface area contributed by atoms with E-state index in [2.05, 4.69) is 43.3 Å². The van der Waals surface area contributed by atoms with Crippen LogP contribution in [0.1, 0.15) is 49.7 Å². The van der Waals surface area contributed by atoms with Gasteiger partial charge in [0.2, 0.25) is 0 Å². The molecule has 21 heavy (non-hydrogen) atoms. The highest BCUT2D eigenvalue weighted by molar-refractivity contribution is 5.30. The molecule has 0 bridgehead atoms. The minimum atomic E-state index is 0.637. The Labute approximate surface area is 128 Å². The maximum Gasteiger partial charge on any atom is 0.119 e. The molecule has 0 aromatic heterocycles. The van der Waals surface area contributed by atoms with Crippen LogP contribution in [0.15, 0.2) is 54.6 Å². The van der Waals surface area contributed by atoms with E-state index in [1.165, 1.54) is 36.8 Å². The first-order valence-electron chi connectivity index (χ1n) is 8.09. The number of rotatable bonds is 5. The molecule has 0 N–H and O–H groups in total. The molecule has 0 amide bonds. The highest BCUT2D eigenvalue weighted by atomic mass is 16.5. The van der Waals surface area contributed by atoms with Crippen LogP contribution < -0.4 is 4.74 Å². The molecular formula is C20H24O. The van der Waals surface area contributed by atoms with Crippen LogP contribution in [0.25, 0.3) is 0 Å². The van der Waals surface area contributed by atoms with Crippen molar-refractivity contribution in [1.29, 1.82) is 0 Å². The Balaban J connectivity index is 1.58. The summed E-state index contributed by atoms with van der Waals surface area (Å²) < 4.78 is 5.85. The highest BCUT2D eigenvalue weighted by Gasteiger charge is 2.22. The highest BCUT2D eigenvalue weighted by Crippen LogP contribution is 2.37. The van der Waals surface area contributed by atoms with Gasteiger partial charge in [-0.3, -0.25) is 0 Å². The second kappa shape index (κ2) is 6.80. The Bertz CT molecular complexity index is 538. The Morgan fingerprint density at radius 2 is 1.62 bits per heavy atom. The minimum absolute atomic E-state index is 0.637. The average molecular weight is 280 g/mol. The van der Waals surface area contributed by atoms with Crippen molar-refractivity contribution >= 4 is 0 Å². The third-order valence-corrected chi connectivity index (χ3v) is 4.76. The van der Waals surface area contributed by atoms with Crippen LogP contribution in [0.5, 0.6) is 5.75 Å². The van der Waals surface area contributed by atoms with Gasteiger partial charge in [-0.1, -0.05) is 62.2 Å². The summed E-state index contributed by atoms with van der Waals surface area (Å²) in [5, 5.41) is 0. The van der Waals surface area contributed by atoms with Crippen LogP contribution in [0.4, 0.5) is 0 Å². The second-order valence-corrected chi connectivity index (χ2v) is 6.18. The molecule has 0 heterocycles. The van der Waals surface area contributed by atoms with Crippen molar-refractivity contribution in [2.45, 2.75) is 45.1 Å². The fourth-order valence-electron chi connectivity index (χ4n) is 3.34. The summed E-state index contributed by atoms with van der Waals surface area (Å²) in [7, 11) is 0. The van der Waals surface area contributed by atoms with Crippen molar-refractivity contribution in [3.05, 3.63) is 65.7 Å². The quantitative estimate of drug-likeness (QED) is 0.696. The van der Waals surface area contributed by atoms with Crippen LogP contribution in [0.2, 0.25) is 0 Å². The second-order valence-electron chi connectivity index (χ2n) is 6.18. The predicted octanol–water partition coefficient (Wildman–Crippen LogP) is 5.56. The summed E-state index contributed by atoms with van der Waals surface area (Å²) in [6, 6.07) is 19.0. The first-order valence-corrected chi connectivity index (χ1v) is 8.09. The van der Waals surface area contributed by atoms with Crippen molar-refractivity contribution in [2.24, 2.45) is 5.92 Å². The molecule has 1 saturated carbocycles. The lowest BCUT2D eigenvalue weighted by molar-refractivity contribution is 0.306. The maximum absolute atomic E-state index is 5.85. The molecular weight excluding hydrogens is 256 g/mol. The zero-order valence-electron chi connectivity index (χ0n) is 12.8. The van der Waals surface area contributed by atoms with E-state index in [-0.39, 0.29) is 0 Å². The molecule has 3 rings (SSSR count). The van der Waals surface area contributed by atoms with Gasteiger partial charge in [-0.2, -0.15) is 0 Å². The molecule has 1 unspecified atom stereocenters. The van der Waals surface area contributed by atoms with Crippen molar-refractivity contribution in [1.82, 2.24) is 0 Å². The molecule has 2 aromatic carbocycles. The van der Waals surface area contributed by atoms with Crippen molar-refractivity contribution in [3.8, 4) is 5.75 Å². The summed E-state index contributed by atoms with van der Waals surface area (Å²) in [5.74, 6) is 2.51. The van der Waals surface area contributed by atoms with Gasteiger partial charge in [0.15, 0.2) is 0 Å². The summed E-state index contributed by atoms with van der Waals surface area (Å²) >= 11 is 0. The van der Waals surface area contributed by atoms with E-state index < -0.39 is 0 Å². The van der Waals surface area contributed by atoms with Gasteiger partial charge >= 0.3 is 0 Å². The number of ether oxygens (including phenoxy) is 1. The standard InChI is InChI=1S/C20H24O/c1-16(18-9-5-6-10-18)19-11-13-20(14-12-19)21-15-17-7-3-2-4-8-17/h2-4,7-8,11-14,16,18H,5-6,9-10,15H2,1H3. The summed E-state index contributed by atoms with van der Waals surface area (Å²) in [4.78, 5) is 0. The van der Waals surface area contributed by atoms with E-state index in [1.807, 2.05) is 18.2 Å². The average Bonchev–Trinajstić information content (AvgIpc) is 3.08. The Kier molecular flexibility index (Phi) is 4.59. The van der Waals surface area contributed by atoms with Crippen LogP contribution >= 0.6 is 0 Å². The molecule has 1 fully saturated rings. The van der Waals surface area contributed by atoms with Gasteiger partial charge in [-0.05, 0) is 47.9 Å². The molecule has 0 saturated heterocycles. The van der Waals surface area contributed by atoms with Gasteiger partial charge in [-0.15, -0.1) is 0 Å². The lowest BCUT2D eigenvalue weighted by Gasteiger charge is -2.19. The van der Waals surface area contributed by atoms with E-state index in [4.69, 9.17) is 4.74 Å². The molecule has 2 aromatic rings.